The predicted molar refractivity (Wildman–Crippen MR) is 108 cm³/mol. The molecule has 0 atom stereocenters. The van der Waals surface area contributed by atoms with E-state index in [1.807, 2.05) is 54.0 Å². The summed E-state index contributed by atoms with van der Waals surface area (Å²) in [5.74, 6) is 1.92. The quantitative estimate of drug-likeness (QED) is 0.706. The molecule has 1 aliphatic rings. The zero-order valence-electron chi connectivity index (χ0n) is 16.1. The molecule has 1 aromatic heterocycles. The van der Waals surface area contributed by atoms with E-state index >= 15 is 0 Å². The van der Waals surface area contributed by atoms with Crippen LogP contribution in [0.3, 0.4) is 0 Å². The number of hydrogen-bond donors (Lipinski definition) is 0. The highest BCUT2D eigenvalue weighted by Gasteiger charge is 2.22. The molecule has 0 spiro atoms. The van der Waals surface area contributed by atoms with Gasteiger partial charge in [-0.25, -0.2) is 0 Å². The third-order valence-corrected chi connectivity index (χ3v) is 4.83. The Bertz CT molecular complexity index is 1120. The molecule has 0 saturated heterocycles. The lowest BCUT2D eigenvalue weighted by molar-refractivity contribution is 0.354. The van der Waals surface area contributed by atoms with Crippen molar-refractivity contribution in [1.82, 2.24) is 9.55 Å². The van der Waals surface area contributed by atoms with E-state index < -0.39 is 0 Å². The van der Waals surface area contributed by atoms with Crippen LogP contribution in [0, 0.1) is 6.92 Å². The van der Waals surface area contributed by atoms with Crippen LogP contribution in [0.5, 0.6) is 11.5 Å². The van der Waals surface area contributed by atoms with Gasteiger partial charge in [0.05, 0.1) is 25.6 Å². The van der Waals surface area contributed by atoms with E-state index in [4.69, 9.17) is 14.5 Å². The Balaban J connectivity index is 2.07. The maximum absolute atomic E-state index is 12.0. The molecule has 3 aromatic rings. The summed E-state index contributed by atoms with van der Waals surface area (Å²) in [4.78, 5) is 21.1. The molecule has 28 heavy (non-hydrogen) atoms. The van der Waals surface area contributed by atoms with Crippen molar-refractivity contribution in [3.63, 3.8) is 0 Å². The standard InChI is InChI=1S/C22H21N3O3/c1-14-11-21(26)24-20-9-10-23-22(15-7-5-4-6-8-15)16-12-18(27-2)19(28-3)13-17(16)25(14)20/h4-8,11-13H,9-10H2,1-3H3. The molecular formula is C22H21N3O3. The van der Waals surface area contributed by atoms with Gasteiger partial charge in [-0.2, -0.15) is 4.98 Å². The lowest BCUT2D eigenvalue weighted by Gasteiger charge is -2.23. The first kappa shape index (κ1) is 18.0. The molecule has 0 N–H and O–H groups in total. The average molecular weight is 375 g/mol. The van der Waals surface area contributed by atoms with E-state index in [-0.39, 0.29) is 5.56 Å². The van der Waals surface area contributed by atoms with Crippen molar-refractivity contribution < 1.29 is 9.47 Å². The van der Waals surface area contributed by atoms with Crippen molar-refractivity contribution in [3.05, 3.63) is 81.5 Å². The highest BCUT2D eigenvalue weighted by molar-refractivity contribution is 6.15. The molecule has 0 saturated carbocycles. The number of methoxy groups -OCH3 is 2. The second kappa shape index (κ2) is 7.31. The van der Waals surface area contributed by atoms with Gasteiger partial charge < -0.3 is 14.0 Å². The third-order valence-electron chi connectivity index (χ3n) is 4.83. The smallest absolute Gasteiger partial charge is 0.273 e. The summed E-state index contributed by atoms with van der Waals surface area (Å²) >= 11 is 0. The Labute approximate surface area is 163 Å². The van der Waals surface area contributed by atoms with Crippen LogP contribution in [0.15, 0.2) is 58.3 Å². The number of benzene rings is 2. The zero-order chi connectivity index (χ0) is 19.7. The summed E-state index contributed by atoms with van der Waals surface area (Å²) in [6, 6.07) is 15.5. The van der Waals surface area contributed by atoms with Crippen LogP contribution in [0.1, 0.15) is 22.6 Å². The van der Waals surface area contributed by atoms with Gasteiger partial charge in [-0.05, 0) is 13.0 Å². The first-order valence-electron chi connectivity index (χ1n) is 9.08. The summed E-state index contributed by atoms with van der Waals surface area (Å²) in [6.45, 7) is 2.45. The molecule has 2 heterocycles. The molecule has 142 valence electrons. The van der Waals surface area contributed by atoms with Gasteiger partial charge in [-0.15, -0.1) is 0 Å². The molecule has 0 fully saturated rings. The van der Waals surface area contributed by atoms with Gasteiger partial charge in [-0.3, -0.25) is 9.79 Å². The Morgan fingerprint density at radius 2 is 1.71 bits per heavy atom. The van der Waals surface area contributed by atoms with Crippen molar-refractivity contribution in [2.75, 3.05) is 20.8 Å². The largest absolute Gasteiger partial charge is 0.493 e. The normalized spacial score (nSPS) is 12.9. The number of aromatic nitrogens is 2. The summed E-state index contributed by atoms with van der Waals surface area (Å²) < 4.78 is 13.1. The first-order valence-corrected chi connectivity index (χ1v) is 9.08. The van der Waals surface area contributed by atoms with Gasteiger partial charge in [0.2, 0.25) is 0 Å². The van der Waals surface area contributed by atoms with Crippen LogP contribution in [0.4, 0.5) is 0 Å². The van der Waals surface area contributed by atoms with Gasteiger partial charge in [0.1, 0.15) is 5.82 Å². The summed E-state index contributed by atoms with van der Waals surface area (Å²) in [6.07, 6.45) is 0.570. The lowest BCUT2D eigenvalue weighted by atomic mass is 9.98. The van der Waals surface area contributed by atoms with Crippen LogP contribution in [0.2, 0.25) is 0 Å². The zero-order valence-corrected chi connectivity index (χ0v) is 16.1. The fraction of sp³-hybridized carbons (Fsp3) is 0.227. The highest BCUT2D eigenvalue weighted by atomic mass is 16.5. The predicted octanol–water partition coefficient (Wildman–Crippen LogP) is 2.95. The van der Waals surface area contributed by atoms with Crippen LogP contribution >= 0.6 is 0 Å². The topological polar surface area (TPSA) is 65.7 Å². The molecule has 6 nitrogen and oxygen atoms in total. The average Bonchev–Trinajstić information content (AvgIpc) is 2.69. The van der Waals surface area contributed by atoms with E-state index in [9.17, 15) is 4.79 Å². The summed E-state index contributed by atoms with van der Waals surface area (Å²) in [5.41, 5.74) is 4.24. The second-order valence-electron chi connectivity index (χ2n) is 6.56. The van der Waals surface area contributed by atoms with Crippen LogP contribution in [0.25, 0.3) is 5.69 Å². The van der Waals surface area contributed by atoms with E-state index in [0.717, 1.165) is 28.2 Å². The van der Waals surface area contributed by atoms with Crippen molar-refractivity contribution in [1.29, 1.82) is 0 Å². The minimum atomic E-state index is -0.237. The molecule has 0 unspecified atom stereocenters. The summed E-state index contributed by atoms with van der Waals surface area (Å²) in [5, 5.41) is 0. The summed E-state index contributed by atoms with van der Waals surface area (Å²) in [7, 11) is 3.22. The number of rotatable bonds is 3. The number of ether oxygens (including phenoxy) is 2. The lowest BCUT2D eigenvalue weighted by Crippen LogP contribution is -2.23. The van der Waals surface area contributed by atoms with Crippen LogP contribution < -0.4 is 15.0 Å². The van der Waals surface area contributed by atoms with Crippen LogP contribution in [-0.4, -0.2) is 36.0 Å². The molecule has 1 aliphatic heterocycles. The molecule has 0 aliphatic carbocycles. The van der Waals surface area contributed by atoms with E-state index in [1.165, 1.54) is 0 Å². The van der Waals surface area contributed by atoms with Crippen molar-refractivity contribution in [2.24, 2.45) is 4.99 Å². The number of nitrogens with zero attached hydrogens (tertiary/aromatic N) is 3. The van der Waals surface area contributed by atoms with E-state index in [0.29, 0.717) is 30.3 Å². The van der Waals surface area contributed by atoms with Gasteiger partial charge >= 0.3 is 0 Å². The number of aliphatic imine (C=N–C) groups is 1. The molecule has 0 amide bonds. The van der Waals surface area contributed by atoms with Gasteiger partial charge in [0.15, 0.2) is 11.5 Å². The van der Waals surface area contributed by atoms with Gasteiger partial charge in [0.25, 0.3) is 5.56 Å². The molecule has 6 heteroatoms. The Hall–Kier alpha value is -3.41. The maximum Gasteiger partial charge on any atom is 0.273 e. The highest BCUT2D eigenvalue weighted by Crippen LogP contribution is 2.35. The van der Waals surface area contributed by atoms with Crippen molar-refractivity contribution >= 4 is 5.71 Å². The second-order valence-corrected chi connectivity index (χ2v) is 6.56. The monoisotopic (exact) mass is 375 g/mol. The number of fused-ring (bicyclic) bond motifs is 3. The molecule has 4 rings (SSSR count). The molecular weight excluding hydrogens is 354 g/mol. The molecule has 0 bridgehead atoms. The third kappa shape index (κ3) is 3.07. The molecule has 2 aromatic carbocycles. The Kier molecular flexibility index (Phi) is 4.69. The van der Waals surface area contributed by atoms with Crippen molar-refractivity contribution in [2.45, 2.75) is 13.3 Å². The van der Waals surface area contributed by atoms with Gasteiger partial charge in [-0.1, -0.05) is 30.3 Å². The maximum atomic E-state index is 12.0. The number of aryl methyl sites for hydroxylation is 1. The Morgan fingerprint density at radius 1 is 1.00 bits per heavy atom. The van der Waals surface area contributed by atoms with Crippen LogP contribution in [-0.2, 0) is 6.42 Å². The van der Waals surface area contributed by atoms with E-state index in [2.05, 4.69) is 4.98 Å². The molecule has 0 radical (unpaired) electrons. The van der Waals surface area contributed by atoms with E-state index in [1.54, 1.807) is 20.3 Å². The fourth-order valence-electron chi connectivity index (χ4n) is 3.59. The fourth-order valence-corrected chi connectivity index (χ4v) is 3.59. The number of hydrogen-bond acceptors (Lipinski definition) is 5. The first-order chi connectivity index (χ1) is 13.6. The minimum Gasteiger partial charge on any atom is -0.493 e. The minimum absolute atomic E-state index is 0.237. The van der Waals surface area contributed by atoms with Gasteiger partial charge in [0, 0.05) is 41.9 Å². The SMILES string of the molecule is COc1cc2c(cc1OC)-n1c(C)cc(=O)nc1CCN=C2c1ccccc1. The Morgan fingerprint density at radius 3 is 2.43 bits per heavy atom. The van der Waals surface area contributed by atoms with Crippen molar-refractivity contribution in [3.8, 4) is 17.2 Å².